The number of hydrogen-bond donors (Lipinski definition) is 0. The van der Waals surface area contributed by atoms with Crippen LogP contribution in [0.1, 0.15) is 12.7 Å². The lowest BCUT2D eigenvalue weighted by atomic mass is 10.1. The number of nitrogens with zero attached hydrogens (tertiary/aromatic N) is 3. The Labute approximate surface area is 142 Å². The van der Waals surface area contributed by atoms with E-state index in [1.165, 1.54) is 0 Å². The molecule has 0 unspecified atom stereocenters. The van der Waals surface area contributed by atoms with Crippen molar-refractivity contribution >= 4 is 5.57 Å². The van der Waals surface area contributed by atoms with Gasteiger partial charge in [-0.1, -0.05) is 79.4 Å². The van der Waals surface area contributed by atoms with Crippen LogP contribution in [0.4, 0.5) is 0 Å². The average Bonchev–Trinajstić information content (AvgIpc) is 3.09. The Morgan fingerprint density at radius 3 is 2.25 bits per heavy atom. The topological polar surface area (TPSA) is 30.7 Å². The molecule has 118 valence electrons. The lowest BCUT2D eigenvalue weighted by molar-refractivity contribution is 1.03. The van der Waals surface area contributed by atoms with E-state index in [1.54, 1.807) is 6.08 Å². The molecule has 0 radical (unpaired) electrons. The maximum Gasteiger partial charge on any atom is 0.168 e. The minimum Gasteiger partial charge on any atom is -0.275 e. The van der Waals surface area contributed by atoms with Crippen molar-refractivity contribution in [3.05, 3.63) is 97.4 Å². The van der Waals surface area contributed by atoms with Gasteiger partial charge < -0.3 is 0 Å². The van der Waals surface area contributed by atoms with Gasteiger partial charge in [0.2, 0.25) is 0 Å². The number of para-hydroxylation sites is 1. The van der Waals surface area contributed by atoms with Crippen molar-refractivity contribution in [2.45, 2.75) is 6.92 Å². The van der Waals surface area contributed by atoms with E-state index in [0.29, 0.717) is 0 Å². The molecule has 0 amide bonds. The number of hydrogen-bond acceptors (Lipinski definition) is 2. The minimum absolute atomic E-state index is 0.806. The monoisotopic (exact) mass is 313 g/mol. The summed E-state index contributed by atoms with van der Waals surface area (Å²) in [6.07, 6.45) is 7.68. The number of rotatable bonds is 5. The van der Waals surface area contributed by atoms with Crippen LogP contribution in [0.2, 0.25) is 0 Å². The average molecular weight is 313 g/mol. The van der Waals surface area contributed by atoms with Gasteiger partial charge in [0.05, 0.1) is 0 Å². The molecule has 1 aromatic heterocycles. The van der Waals surface area contributed by atoms with Gasteiger partial charge in [0.1, 0.15) is 0 Å². The molecule has 0 aliphatic carbocycles. The molecule has 3 aromatic rings. The highest BCUT2D eigenvalue weighted by Crippen LogP contribution is 2.26. The van der Waals surface area contributed by atoms with Crippen LogP contribution in [0.3, 0.4) is 0 Å². The third-order valence-corrected chi connectivity index (χ3v) is 3.69. The van der Waals surface area contributed by atoms with Crippen molar-refractivity contribution in [1.29, 1.82) is 0 Å². The number of aromatic nitrogens is 3. The second-order valence-corrected chi connectivity index (χ2v) is 5.22. The molecule has 0 aliphatic rings. The molecule has 0 fully saturated rings. The molecular weight excluding hydrogens is 294 g/mol. The van der Waals surface area contributed by atoms with E-state index in [4.69, 9.17) is 0 Å². The van der Waals surface area contributed by atoms with E-state index in [9.17, 15) is 0 Å². The van der Waals surface area contributed by atoms with Gasteiger partial charge in [-0.3, -0.25) is 4.57 Å². The van der Waals surface area contributed by atoms with Gasteiger partial charge in [0, 0.05) is 16.8 Å². The first-order valence-electron chi connectivity index (χ1n) is 7.87. The standard InChI is InChI=1S/C21H19N3/c1-3-5-12-17(4-2)20-22-23-21(18-13-8-6-9-14-18)24(20)19-15-10-7-11-16-19/h3-16H,1H2,2H3/b12-5-,17-4+. The molecular formula is C21H19N3. The lowest BCUT2D eigenvalue weighted by Gasteiger charge is -2.11. The van der Waals surface area contributed by atoms with Crippen LogP contribution in [0.5, 0.6) is 0 Å². The molecule has 0 bridgehead atoms. The van der Waals surface area contributed by atoms with Crippen molar-refractivity contribution in [3.63, 3.8) is 0 Å². The Kier molecular flexibility index (Phi) is 4.82. The molecule has 0 saturated heterocycles. The Bertz CT molecular complexity index is 872. The molecule has 1 heterocycles. The van der Waals surface area contributed by atoms with Gasteiger partial charge in [0.15, 0.2) is 11.6 Å². The summed E-state index contributed by atoms with van der Waals surface area (Å²) in [6.45, 7) is 5.73. The molecule has 0 atom stereocenters. The van der Waals surface area contributed by atoms with Crippen LogP contribution in [0.15, 0.2) is 91.5 Å². The second kappa shape index (κ2) is 7.38. The Morgan fingerprint density at radius 2 is 1.62 bits per heavy atom. The van der Waals surface area contributed by atoms with Gasteiger partial charge in [-0.25, -0.2) is 0 Å². The van der Waals surface area contributed by atoms with E-state index in [2.05, 4.69) is 33.5 Å². The van der Waals surface area contributed by atoms with Crippen molar-refractivity contribution in [2.24, 2.45) is 0 Å². The lowest BCUT2D eigenvalue weighted by Crippen LogP contribution is -2.02. The quantitative estimate of drug-likeness (QED) is 0.615. The summed E-state index contributed by atoms with van der Waals surface area (Å²) in [5.74, 6) is 1.63. The van der Waals surface area contributed by atoms with Gasteiger partial charge in [0.25, 0.3) is 0 Å². The summed E-state index contributed by atoms with van der Waals surface area (Å²) in [5.41, 5.74) is 3.05. The fraction of sp³-hybridized carbons (Fsp3) is 0.0476. The maximum atomic E-state index is 4.45. The van der Waals surface area contributed by atoms with Gasteiger partial charge in [-0.05, 0) is 19.1 Å². The molecule has 0 N–H and O–H groups in total. The normalized spacial score (nSPS) is 11.8. The zero-order chi connectivity index (χ0) is 16.8. The third-order valence-electron chi connectivity index (χ3n) is 3.69. The Morgan fingerprint density at radius 1 is 0.958 bits per heavy atom. The smallest absolute Gasteiger partial charge is 0.168 e. The van der Waals surface area contributed by atoms with Gasteiger partial charge >= 0.3 is 0 Å². The van der Waals surface area contributed by atoms with Gasteiger partial charge in [-0.15, -0.1) is 10.2 Å². The zero-order valence-electron chi connectivity index (χ0n) is 13.6. The third kappa shape index (κ3) is 3.10. The predicted octanol–water partition coefficient (Wildman–Crippen LogP) is 5.08. The zero-order valence-corrected chi connectivity index (χ0v) is 13.6. The predicted molar refractivity (Wildman–Crippen MR) is 99.8 cm³/mol. The fourth-order valence-corrected chi connectivity index (χ4v) is 2.54. The summed E-state index contributed by atoms with van der Waals surface area (Å²) in [6, 6.07) is 20.3. The first-order valence-corrected chi connectivity index (χ1v) is 7.87. The molecule has 24 heavy (non-hydrogen) atoms. The van der Waals surface area contributed by atoms with Crippen LogP contribution in [0, 0.1) is 0 Å². The van der Waals surface area contributed by atoms with Crippen LogP contribution in [-0.4, -0.2) is 14.8 Å². The van der Waals surface area contributed by atoms with Crippen LogP contribution >= 0.6 is 0 Å². The van der Waals surface area contributed by atoms with E-state index in [1.807, 2.05) is 73.7 Å². The summed E-state index contributed by atoms with van der Waals surface area (Å²) in [7, 11) is 0. The highest BCUT2D eigenvalue weighted by molar-refractivity contribution is 5.73. The Hall–Kier alpha value is -3.20. The van der Waals surface area contributed by atoms with E-state index in [0.717, 1.165) is 28.5 Å². The number of benzene rings is 2. The van der Waals surface area contributed by atoms with Crippen molar-refractivity contribution in [3.8, 4) is 17.1 Å². The van der Waals surface area contributed by atoms with Crippen LogP contribution in [-0.2, 0) is 0 Å². The Balaban J connectivity index is 2.23. The van der Waals surface area contributed by atoms with Crippen molar-refractivity contribution < 1.29 is 0 Å². The number of allylic oxidation sites excluding steroid dienone is 5. The van der Waals surface area contributed by atoms with Gasteiger partial charge in [-0.2, -0.15) is 0 Å². The molecule has 3 heteroatoms. The maximum absolute atomic E-state index is 4.45. The molecule has 0 saturated carbocycles. The molecule has 3 rings (SSSR count). The largest absolute Gasteiger partial charge is 0.275 e. The summed E-state index contributed by atoms with van der Waals surface area (Å²) < 4.78 is 2.08. The molecule has 2 aromatic carbocycles. The van der Waals surface area contributed by atoms with E-state index >= 15 is 0 Å². The van der Waals surface area contributed by atoms with Crippen molar-refractivity contribution in [2.75, 3.05) is 0 Å². The summed E-state index contributed by atoms with van der Waals surface area (Å²) in [4.78, 5) is 0. The SMILES string of the molecule is C=C/C=C\C(=C/C)c1nnc(-c2ccccc2)n1-c1ccccc1. The van der Waals surface area contributed by atoms with Crippen molar-refractivity contribution in [1.82, 2.24) is 14.8 Å². The highest BCUT2D eigenvalue weighted by atomic mass is 15.3. The molecule has 0 aliphatic heterocycles. The first kappa shape index (κ1) is 15.7. The highest BCUT2D eigenvalue weighted by Gasteiger charge is 2.16. The molecule has 3 nitrogen and oxygen atoms in total. The minimum atomic E-state index is 0.806. The summed E-state index contributed by atoms with van der Waals surface area (Å²) in [5, 5.41) is 8.90. The van der Waals surface area contributed by atoms with E-state index in [-0.39, 0.29) is 0 Å². The molecule has 0 spiro atoms. The second-order valence-electron chi connectivity index (χ2n) is 5.22. The van der Waals surface area contributed by atoms with Crippen LogP contribution in [0.25, 0.3) is 22.6 Å². The van der Waals surface area contributed by atoms with E-state index < -0.39 is 0 Å². The van der Waals surface area contributed by atoms with Crippen LogP contribution < -0.4 is 0 Å². The first-order chi connectivity index (χ1) is 11.8. The summed E-state index contributed by atoms with van der Waals surface area (Å²) >= 11 is 0. The fourth-order valence-electron chi connectivity index (χ4n) is 2.54.